The highest BCUT2D eigenvalue weighted by Gasteiger charge is 2.18. The van der Waals surface area contributed by atoms with Gasteiger partial charge in [-0.3, -0.25) is 0 Å². The molecule has 0 aliphatic carbocycles. The van der Waals surface area contributed by atoms with Crippen LogP contribution in [0, 0.1) is 0 Å². The molecule has 0 aliphatic rings. The van der Waals surface area contributed by atoms with E-state index in [-0.39, 0.29) is 9.77 Å². The van der Waals surface area contributed by atoms with Crippen molar-refractivity contribution < 1.29 is 18.3 Å². The summed E-state index contributed by atoms with van der Waals surface area (Å²) in [5.41, 5.74) is 0. The van der Waals surface area contributed by atoms with Crippen LogP contribution in [0.15, 0.2) is 16.3 Å². The van der Waals surface area contributed by atoms with Crippen molar-refractivity contribution in [1.29, 1.82) is 0 Å². The van der Waals surface area contributed by atoms with Crippen LogP contribution in [0.5, 0.6) is 0 Å². The summed E-state index contributed by atoms with van der Waals surface area (Å²) in [4.78, 5) is 12.8. The normalized spacial score (nSPS) is 11.9. The van der Waals surface area contributed by atoms with Gasteiger partial charge >= 0.3 is 5.97 Å². The van der Waals surface area contributed by atoms with Crippen molar-refractivity contribution in [2.45, 2.75) is 18.7 Å². The van der Waals surface area contributed by atoms with E-state index in [0.29, 0.717) is 13.1 Å². The number of nitrogens with zero attached hydrogens (tertiary/aromatic N) is 1. The van der Waals surface area contributed by atoms with Gasteiger partial charge in [-0.05, 0) is 19.2 Å². The summed E-state index contributed by atoms with van der Waals surface area (Å²) in [6, 6.07) is 1.17. The van der Waals surface area contributed by atoms with Crippen molar-refractivity contribution in [3.8, 4) is 0 Å². The zero-order chi connectivity index (χ0) is 14.5. The quantitative estimate of drug-likeness (QED) is 0.750. The molecule has 0 fully saturated rings. The third kappa shape index (κ3) is 4.57. The van der Waals surface area contributed by atoms with Gasteiger partial charge in [0.25, 0.3) is 0 Å². The molecule has 0 saturated carbocycles. The molecule has 0 amide bonds. The molecule has 0 aromatic carbocycles. The highest BCUT2D eigenvalue weighted by atomic mass is 32.2. The molecule has 6 nitrogen and oxygen atoms in total. The molecular formula is C11H18N2O4S2. The molecule has 0 unspecified atom stereocenters. The van der Waals surface area contributed by atoms with Gasteiger partial charge in [0.1, 0.15) is 4.88 Å². The number of carbonyl (C=O) groups is 1. The highest BCUT2D eigenvalue weighted by molar-refractivity contribution is 7.89. The fourth-order valence-corrected chi connectivity index (χ4v) is 3.67. The van der Waals surface area contributed by atoms with Crippen molar-refractivity contribution in [3.05, 3.63) is 16.3 Å². The number of likely N-dealkylation sites (N-methyl/N-ethyl adjacent to an activating group) is 1. The van der Waals surface area contributed by atoms with Crippen molar-refractivity contribution >= 4 is 27.3 Å². The van der Waals surface area contributed by atoms with Crippen molar-refractivity contribution in [2.75, 3.05) is 26.2 Å². The number of thiophene rings is 1. The minimum atomic E-state index is -3.61. The van der Waals surface area contributed by atoms with Crippen molar-refractivity contribution in [3.63, 3.8) is 0 Å². The number of nitrogens with one attached hydrogen (secondary N) is 1. The molecule has 0 atom stereocenters. The Morgan fingerprint density at radius 3 is 2.53 bits per heavy atom. The van der Waals surface area contributed by atoms with Crippen LogP contribution in [0.25, 0.3) is 0 Å². The minimum absolute atomic E-state index is 0.00875. The lowest BCUT2D eigenvalue weighted by atomic mass is 10.5. The maximum atomic E-state index is 11.9. The van der Waals surface area contributed by atoms with E-state index in [1.54, 1.807) is 0 Å². The van der Waals surface area contributed by atoms with Crippen molar-refractivity contribution in [1.82, 2.24) is 9.62 Å². The van der Waals surface area contributed by atoms with Gasteiger partial charge in [-0.25, -0.2) is 17.9 Å². The summed E-state index contributed by atoms with van der Waals surface area (Å²) < 4.78 is 26.3. The minimum Gasteiger partial charge on any atom is -0.477 e. The van der Waals surface area contributed by atoms with Crippen LogP contribution in [0.1, 0.15) is 23.5 Å². The van der Waals surface area contributed by atoms with Crippen LogP contribution in [0.4, 0.5) is 0 Å². The molecule has 1 aromatic heterocycles. The molecule has 1 aromatic rings. The molecule has 8 heteroatoms. The second-order valence-electron chi connectivity index (χ2n) is 3.88. The first-order valence-electron chi connectivity index (χ1n) is 5.94. The third-order valence-corrected chi connectivity index (χ3v) is 5.22. The van der Waals surface area contributed by atoms with Crippen molar-refractivity contribution in [2.24, 2.45) is 0 Å². The predicted molar refractivity (Wildman–Crippen MR) is 74.3 cm³/mol. The Morgan fingerprint density at radius 2 is 2.05 bits per heavy atom. The van der Waals surface area contributed by atoms with Gasteiger partial charge in [-0.1, -0.05) is 13.8 Å². The van der Waals surface area contributed by atoms with Gasteiger partial charge in [0.15, 0.2) is 0 Å². The van der Waals surface area contributed by atoms with Gasteiger partial charge in [0, 0.05) is 18.5 Å². The molecule has 2 N–H and O–H groups in total. The van der Waals surface area contributed by atoms with Crippen LogP contribution < -0.4 is 4.72 Å². The summed E-state index contributed by atoms with van der Waals surface area (Å²) in [5, 5.41) is 10.1. The van der Waals surface area contributed by atoms with Crippen LogP contribution in [0.3, 0.4) is 0 Å². The summed E-state index contributed by atoms with van der Waals surface area (Å²) in [6.45, 7) is 6.68. The molecule has 108 valence electrons. The molecular weight excluding hydrogens is 288 g/mol. The standard InChI is InChI=1S/C11H18N2O4S2/c1-3-13(4-2)6-5-12-19(16,17)9-7-10(11(14)15)18-8-9/h7-8,12H,3-6H2,1-2H3,(H,14,15). The number of hydrogen-bond acceptors (Lipinski definition) is 5. The number of sulfonamides is 1. The zero-order valence-corrected chi connectivity index (χ0v) is 12.6. The SMILES string of the molecule is CCN(CC)CCNS(=O)(=O)c1csc(C(=O)O)c1. The Bertz CT molecular complexity index is 521. The van der Waals surface area contributed by atoms with Crippen LogP contribution in [-0.4, -0.2) is 50.6 Å². The van der Waals surface area contributed by atoms with Crippen LogP contribution in [-0.2, 0) is 10.0 Å². The van der Waals surface area contributed by atoms with Gasteiger partial charge in [0.05, 0.1) is 4.90 Å². The second-order valence-corrected chi connectivity index (χ2v) is 6.55. The van der Waals surface area contributed by atoms with E-state index in [0.717, 1.165) is 24.4 Å². The lowest BCUT2D eigenvalue weighted by molar-refractivity contribution is 0.0702. The first-order valence-corrected chi connectivity index (χ1v) is 8.30. The number of carboxylic acid groups (broad SMARTS) is 1. The second kappa shape index (κ2) is 6.99. The Kier molecular flexibility index (Phi) is 5.92. The first kappa shape index (κ1) is 16.1. The highest BCUT2D eigenvalue weighted by Crippen LogP contribution is 2.18. The summed E-state index contributed by atoms with van der Waals surface area (Å²) in [5.74, 6) is -1.12. The average Bonchev–Trinajstić information content (AvgIpc) is 2.85. The van der Waals surface area contributed by atoms with E-state index in [2.05, 4.69) is 9.62 Å². The first-order chi connectivity index (χ1) is 8.90. The van der Waals surface area contributed by atoms with Gasteiger partial charge in [-0.15, -0.1) is 11.3 Å². The Balaban J connectivity index is 2.63. The lowest BCUT2D eigenvalue weighted by Crippen LogP contribution is -2.34. The molecule has 0 bridgehead atoms. The molecule has 1 heterocycles. The maximum absolute atomic E-state index is 11.9. The molecule has 0 radical (unpaired) electrons. The summed E-state index contributed by atoms with van der Waals surface area (Å²) in [7, 11) is -3.61. The fourth-order valence-electron chi connectivity index (χ4n) is 1.53. The topological polar surface area (TPSA) is 86.7 Å². The third-order valence-electron chi connectivity index (χ3n) is 2.71. The number of hydrogen-bond donors (Lipinski definition) is 2. The number of rotatable bonds is 8. The van der Waals surface area contributed by atoms with E-state index in [4.69, 9.17) is 5.11 Å². The predicted octanol–water partition coefficient (Wildman–Crippen LogP) is 1.07. The van der Waals surface area contributed by atoms with E-state index < -0.39 is 16.0 Å². The smallest absolute Gasteiger partial charge is 0.345 e. The Hall–Kier alpha value is -0.960. The molecule has 1 rings (SSSR count). The lowest BCUT2D eigenvalue weighted by Gasteiger charge is -2.17. The van der Waals surface area contributed by atoms with E-state index in [1.165, 1.54) is 11.4 Å². The Morgan fingerprint density at radius 1 is 1.42 bits per heavy atom. The van der Waals surface area contributed by atoms with E-state index >= 15 is 0 Å². The van der Waals surface area contributed by atoms with Gasteiger partial charge in [0.2, 0.25) is 10.0 Å². The monoisotopic (exact) mass is 306 g/mol. The largest absolute Gasteiger partial charge is 0.477 e. The van der Waals surface area contributed by atoms with Gasteiger partial charge in [-0.2, -0.15) is 0 Å². The Labute approximate surface area is 117 Å². The molecule has 0 saturated heterocycles. The van der Waals surface area contributed by atoms with Crippen LogP contribution in [0.2, 0.25) is 0 Å². The molecule has 0 aliphatic heterocycles. The summed E-state index contributed by atoms with van der Waals surface area (Å²) >= 11 is 0.904. The van der Waals surface area contributed by atoms with Crippen LogP contribution >= 0.6 is 11.3 Å². The van der Waals surface area contributed by atoms with E-state index in [1.807, 2.05) is 13.8 Å². The zero-order valence-electron chi connectivity index (χ0n) is 10.9. The molecule has 19 heavy (non-hydrogen) atoms. The number of aromatic carboxylic acids is 1. The number of carboxylic acids is 1. The fraction of sp³-hybridized carbons (Fsp3) is 0.545. The average molecular weight is 306 g/mol. The maximum Gasteiger partial charge on any atom is 0.345 e. The van der Waals surface area contributed by atoms with E-state index in [9.17, 15) is 13.2 Å². The summed E-state index contributed by atoms with van der Waals surface area (Å²) in [6.07, 6.45) is 0. The molecule has 0 spiro atoms. The van der Waals surface area contributed by atoms with Gasteiger partial charge < -0.3 is 10.0 Å².